The first-order chi connectivity index (χ1) is 9.92. The summed E-state index contributed by atoms with van der Waals surface area (Å²) in [4.78, 5) is 0. The first-order valence-electron chi connectivity index (χ1n) is 7.16. The Morgan fingerprint density at radius 3 is 2.52 bits per heavy atom. The van der Waals surface area contributed by atoms with Gasteiger partial charge in [0, 0.05) is 0 Å². The van der Waals surface area contributed by atoms with Gasteiger partial charge in [-0.3, -0.25) is 0 Å². The molecule has 0 radical (unpaired) electrons. The zero-order valence-corrected chi connectivity index (χ0v) is 12.3. The van der Waals surface area contributed by atoms with E-state index in [0.717, 1.165) is 31.7 Å². The van der Waals surface area contributed by atoms with Crippen molar-refractivity contribution in [2.24, 2.45) is 5.92 Å². The van der Waals surface area contributed by atoms with Crippen LogP contribution < -0.4 is 4.74 Å². The van der Waals surface area contributed by atoms with Crippen molar-refractivity contribution in [1.29, 1.82) is 5.26 Å². The SMILES string of the molecule is CCCCC(CC)COc1ccc(C#N)cc1C(F)(F)F. The van der Waals surface area contributed by atoms with E-state index in [1.165, 1.54) is 12.1 Å². The summed E-state index contributed by atoms with van der Waals surface area (Å²) in [5.41, 5.74) is -0.903. The standard InChI is InChI=1S/C16H20F3NO/c1-3-5-6-12(4-2)11-21-15-8-7-13(10-20)9-14(15)16(17,18)19/h7-9,12H,3-6,11H2,1-2H3. The summed E-state index contributed by atoms with van der Waals surface area (Å²) in [5.74, 6) is 0.0538. The van der Waals surface area contributed by atoms with Gasteiger partial charge in [0.25, 0.3) is 0 Å². The van der Waals surface area contributed by atoms with Crippen LogP contribution in [0.5, 0.6) is 5.75 Å². The van der Waals surface area contributed by atoms with Crippen LogP contribution in [0.4, 0.5) is 13.2 Å². The molecule has 0 amide bonds. The van der Waals surface area contributed by atoms with Crippen molar-refractivity contribution >= 4 is 0 Å². The highest BCUT2D eigenvalue weighted by molar-refractivity contribution is 5.43. The van der Waals surface area contributed by atoms with Gasteiger partial charge in [-0.1, -0.05) is 33.1 Å². The van der Waals surface area contributed by atoms with Crippen LogP contribution in [0.2, 0.25) is 0 Å². The molecule has 5 heteroatoms. The minimum absolute atomic E-state index is 0.0206. The third-order valence-corrected chi connectivity index (χ3v) is 3.43. The van der Waals surface area contributed by atoms with E-state index in [-0.39, 0.29) is 23.8 Å². The molecular weight excluding hydrogens is 279 g/mol. The summed E-state index contributed by atoms with van der Waals surface area (Å²) in [5, 5.41) is 8.71. The van der Waals surface area contributed by atoms with Crippen LogP contribution in [0.3, 0.4) is 0 Å². The van der Waals surface area contributed by atoms with Gasteiger partial charge in [0.1, 0.15) is 5.75 Å². The predicted molar refractivity (Wildman–Crippen MR) is 75.0 cm³/mol. The predicted octanol–water partition coefficient (Wildman–Crippen LogP) is 5.17. The van der Waals surface area contributed by atoms with Crippen molar-refractivity contribution < 1.29 is 17.9 Å². The highest BCUT2D eigenvalue weighted by Crippen LogP contribution is 2.37. The molecule has 0 aliphatic heterocycles. The number of unbranched alkanes of at least 4 members (excludes halogenated alkanes) is 1. The Morgan fingerprint density at radius 1 is 1.29 bits per heavy atom. The van der Waals surface area contributed by atoms with Crippen LogP contribution in [0.1, 0.15) is 50.7 Å². The van der Waals surface area contributed by atoms with Gasteiger partial charge in [-0.05, 0) is 30.5 Å². The van der Waals surface area contributed by atoms with E-state index in [0.29, 0.717) is 0 Å². The maximum Gasteiger partial charge on any atom is 0.420 e. The molecule has 0 aliphatic rings. The summed E-state index contributed by atoms with van der Waals surface area (Å²) >= 11 is 0. The van der Waals surface area contributed by atoms with Crippen molar-refractivity contribution in [1.82, 2.24) is 0 Å². The van der Waals surface area contributed by atoms with Crippen LogP contribution in [-0.2, 0) is 6.18 Å². The van der Waals surface area contributed by atoms with E-state index in [1.807, 2.05) is 6.92 Å². The van der Waals surface area contributed by atoms with Crippen LogP contribution in [0.15, 0.2) is 18.2 Å². The molecule has 0 bridgehead atoms. The van der Waals surface area contributed by atoms with Crippen molar-refractivity contribution in [2.75, 3.05) is 6.61 Å². The largest absolute Gasteiger partial charge is 0.493 e. The Bertz CT molecular complexity index is 491. The van der Waals surface area contributed by atoms with Crippen molar-refractivity contribution in [3.05, 3.63) is 29.3 Å². The number of rotatable bonds is 7. The lowest BCUT2D eigenvalue weighted by Gasteiger charge is -2.18. The summed E-state index contributed by atoms with van der Waals surface area (Å²) in [6, 6.07) is 5.13. The number of nitrogens with zero attached hydrogens (tertiary/aromatic N) is 1. The molecule has 0 N–H and O–H groups in total. The molecule has 0 heterocycles. The fourth-order valence-corrected chi connectivity index (χ4v) is 2.05. The fraction of sp³-hybridized carbons (Fsp3) is 0.562. The smallest absolute Gasteiger partial charge is 0.420 e. The molecule has 1 unspecified atom stereocenters. The van der Waals surface area contributed by atoms with Gasteiger partial charge in [0.2, 0.25) is 0 Å². The number of nitriles is 1. The van der Waals surface area contributed by atoms with E-state index in [2.05, 4.69) is 6.92 Å². The fourth-order valence-electron chi connectivity index (χ4n) is 2.05. The molecular formula is C16H20F3NO. The van der Waals surface area contributed by atoms with E-state index in [1.54, 1.807) is 6.07 Å². The second kappa shape index (κ2) is 7.92. The first-order valence-corrected chi connectivity index (χ1v) is 7.16. The zero-order valence-electron chi connectivity index (χ0n) is 12.3. The highest BCUT2D eigenvalue weighted by atomic mass is 19.4. The average Bonchev–Trinajstić information content (AvgIpc) is 2.46. The molecule has 1 aromatic carbocycles. The Balaban J connectivity index is 2.85. The molecule has 0 spiro atoms. The third-order valence-electron chi connectivity index (χ3n) is 3.43. The summed E-state index contributed by atoms with van der Waals surface area (Å²) < 4.78 is 44.3. The molecule has 1 rings (SSSR count). The monoisotopic (exact) mass is 299 g/mol. The average molecular weight is 299 g/mol. The van der Waals surface area contributed by atoms with Crippen LogP contribution in [0, 0.1) is 17.2 Å². The van der Waals surface area contributed by atoms with Crippen molar-refractivity contribution in [3.8, 4) is 11.8 Å². The van der Waals surface area contributed by atoms with E-state index in [9.17, 15) is 13.2 Å². The summed E-state index contributed by atoms with van der Waals surface area (Å²) in [6.07, 6.45) is -0.599. The molecule has 0 saturated heterocycles. The van der Waals surface area contributed by atoms with Crippen molar-refractivity contribution in [2.45, 2.75) is 45.7 Å². The Hall–Kier alpha value is -1.70. The number of ether oxygens (including phenoxy) is 1. The Morgan fingerprint density at radius 2 is 2.00 bits per heavy atom. The van der Waals surface area contributed by atoms with E-state index in [4.69, 9.17) is 10.00 Å². The topological polar surface area (TPSA) is 33.0 Å². The molecule has 0 saturated carbocycles. The molecule has 21 heavy (non-hydrogen) atoms. The third kappa shape index (κ3) is 5.30. The van der Waals surface area contributed by atoms with Crippen LogP contribution in [0.25, 0.3) is 0 Å². The number of hydrogen-bond donors (Lipinski definition) is 0. The number of alkyl halides is 3. The number of hydrogen-bond acceptors (Lipinski definition) is 2. The van der Waals surface area contributed by atoms with Gasteiger partial charge in [-0.15, -0.1) is 0 Å². The van der Waals surface area contributed by atoms with Gasteiger partial charge < -0.3 is 4.74 Å². The molecule has 1 atom stereocenters. The quantitative estimate of drug-likeness (QED) is 0.695. The van der Waals surface area contributed by atoms with Gasteiger partial charge in [-0.2, -0.15) is 18.4 Å². The maximum absolute atomic E-state index is 13.0. The number of halogens is 3. The lowest BCUT2D eigenvalue weighted by atomic mass is 10.0. The summed E-state index contributed by atoms with van der Waals surface area (Å²) in [6.45, 7) is 4.36. The van der Waals surface area contributed by atoms with E-state index >= 15 is 0 Å². The van der Waals surface area contributed by atoms with Gasteiger partial charge in [0.15, 0.2) is 0 Å². The maximum atomic E-state index is 13.0. The lowest BCUT2D eigenvalue weighted by molar-refractivity contribution is -0.139. The Kier molecular flexibility index (Phi) is 6.54. The molecule has 116 valence electrons. The van der Waals surface area contributed by atoms with Gasteiger partial charge in [-0.25, -0.2) is 0 Å². The first kappa shape index (κ1) is 17.4. The molecule has 2 nitrogen and oxygen atoms in total. The van der Waals surface area contributed by atoms with Crippen LogP contribution >= 0.6 is 0 Å². The van der Waals surface area contributed by atoms with Gasteiger partial charge >= 0.3 is 6.18 Å². The summed E-state index contributed by atoms with van der Waals surface area (Å²) in [7, 11) is 0. The molecule has 1 aromatic rings. The number of benzene rings is 1. The highest BCUT2D eigenvalue weighted by Gasteiger charge is 2.34. The van der Waals surface area contributed by atoms with Crippen LogP contribution in [-0.4, -0.2) is 6.61 Å². The minimum atomic E-state index is -4.52. The zero-order chi connectivity index (χ0) is 15.9. The second-order valence-corrected chi connectivity index (χ2v) is 5.05. The van der Waals surface area contributed by atoms with Crippen molar-refractivity contribution in [3.63, 3.8) is 0 Å². The van der Waals surface area contributed by atoms with Gasteiger partial charge in [0.05, 0.1) is 23.8 Å². The lowest BCUT2D eigenvalue weighted by Crippen LogP contribution is -2.15. The molecule has 0 fully saturated rings. The second-order valence-electron chi connectivity index (χ2n) is 5.05. The molecule has 0 aromatic heterocycles. The Labute approximate surface area is 123 Å². The van der Waals surface area contributed by atoms with E-state index < -0.39 is 11.7 Å². The minimum Gasteiger partial charge on any atom is -0.493 e. The molecule has 0 aliphatic carbocycles. The normalized spacial score (nSPS) is 12.8.